The van der Waals surface area contributed by atoms with Crippen molar-refractivity contribution in [2.75, 3.05) is 5.32 Å². The second kappa shape index (κ2) is 12.3. The Hall–Kier alpha value is -5.36. The number of amides is 1. The molecule has 2 bridgehead atoms. The highest BCUT2D eigenvalue weighted by Crippen LogP contribution is 2.35. The average Bonchev–Trinajstić information content (AvgIpc) is 3.48. The van der Waals surface area contributed by atoms with E-state index in [0.717, 1.165) is 0 Å². The van der Waals surface area contributed by atoms with Gasteiger partial charge in [-0.15, -0.1) is 5.10 Å². The van der Waals surface area contributed by atoms with E-state index in [1.54, 1.807) is 42.7 Å². The van der Waals surface area contributed by atoms with E-state index in [-0.39, 0.29) is 33.7 Å². The lowest BCUT2D eigenvalue weighted by Gasteiger charge is -2.23. The van der Waals surface area contributed by atoms with Crippen LogP contribution < -0.4 is 10.9 Å². The molecular weight excluding hydrogens is 613 g/mol. The molecule has 1 aliphatic rings. The van der Waals surface area contributed by atoms with Gasteiger partial charge in [0.1, 0.15) is 12.1 Å². The van der Waals surface area contributed by atoms with Gasteiger partial charge in [-0.1, -0.05) is 41.8 Å². The Morgan fingerprint density at radius 3 is 2.49 bits per heavy atom. The number of rotatable bonds is 3. The van der Waals surface area contributed by atoms with Crippen molar-refractivity contribution in [2.45, 2.75) is 32.2 Å². The van der Waals surface area contributed by atoms with Gasteiger partial charge in [0.15, 0.2) is 5.15 Å². The van der Waals surface area contributed by atoms with E-state index >= 15 is 0 Å². The molecule has 2 atom stereocenters. The van der Waals surface area contributed by atoms with Crippen LogP contribution in [-0.2, 0) is 4.79 Å². The summed E-state index contributed by atoms with van der Waals surface area (Å²) in [5.41, 5.74) is 3.83. The number of nitrogens with one attached hydrogen (secondary N) is 1. The summed E-state index contributed by atoms with van der Waals surface area (Å²) in [6.07, 6.45) is 6.33. The molecule has 3 aromatic heterocycles. The van der Waals surface area contributed by atoms with Crippen molar-refractivity contribution in [3.63, 3.8) is 0 Å². The van der Waals surface area contributed by atoms with Crippen LogP contribution in [0.3, 0.4) is 0 Å². The van der Waals surface area contributed by atoms with Crippen molar-refractivity contribution >= 4 is 34.8 Å². The molecule has 1 aliphatic heterocycles. The Bertz CT molecular complexity index is 2110. The Labute approximate surface area is 267 Å². The van der Waals surface area contributed by atoms with Crippen molar-refractivity contribution in [3.8, 4) is 40.2 Å². The molecule has 0 radical (unpaired) electrons. The third kappa shape index (κ3) is 5.92. The molecule has 0 aliphatic carbocycles. The number of nitriles is 2. The van der Waals surface area contributed by atoms with Crippen LogP contribution in [0.15, 0.2) is 72.0 Å². The van der Waals surface area contributed by atoms with E-state index < -0.39 is 6.04 Å². The SMILES string of the molecule is CC1CCCC(n2cnc(-c3cc(Cl)ccc3-n3cc(Cl)nn3)cc2=O)c2cc(ccn2)-c2cc(C#N)c(C#N)cc2NC1=O. The molecule has 2 aromatic carbocycles. The molecule has 0 saturated carbocycles. The number of carbonyl (C=O) groups is 1. The molecule has 6 rings (SSSR count). The maximum absolute atomic E-state index is 13.8. The maximum Gasteiger partial charge on any atom is 0.254 e. The largest absolute Gasteiger partial charge is 0.325 e. The minimum Gasteiger partial charge on any atom is -0.325 e. The standard InChI is InChI=1S/C32H23Cl2N9O2/c1-18-3-2-4-29(27-10-19(7-8-37-27)23-9-20(14-35)21(15-36)11-26(23)39-32(18)45)42-17-38-25(13-31(42)44)24-12-22(33)5-6-28(24)43-16-30(34)40-41-43/h5-13,16-18,29H,2-4H2,1H3,(H,39,45). The van der Waals surface area contributed by atoms with Crippen LogP contribution in [0.4, 0.5) is 5.69 Å². The molecule has 222 valence electrons. The maximum atomic E-state index is 13.8. The van der Waals surface area contributed by atoms with E-state index in [4.69, 9.17) is 23.2 Å². The monoisotopic (exact) mass is 635 g/mol. The number of anilines is 1. The molecule has 0 saturated heterocycles. The second-order valence-corrected chi connectivity index (χ2v) is 11.5. The highest BCUT2D eigenvalue weighted by Gasteiger charge is 2.24. The molecular formula is C32H23Cl2N9O2. The molecule has 1 amide bonds. The smallest absolute Gasteiger partial charge is 0.254 e. The van der Waals surface area contributed by atoms with Crippen LogP contribution in [0.2, 0.25) is 10.2 Å². The summed E-state index contributed by atoms with van der Waals surface area (Å²) in [6, 6.07) is 16.9. The summed E-state index contributed by atoms with van der Waals surface area (Å²) in [7, 11) is 0. The minimum atomic E-state index is -0.501. The van der Waals surface area contributed by atoms with E-state index in [9.17, 15) is 20.1 Å². The number of hydrogen-bond acceptors (Lipinski definition) is 8. The summed E-state index contributed by atoms with van der Waals surface area (Å²) in [4.78, 5) is 36.2. The van der Waals surface area contributed by atoms with E-state index in [2.05, 4.69) is 31.7 Å². The Kier molecular flexibility index (Phi) is 8.14. The summed E-state index contributed by atoms with van der Waals surface area (Å²) < 4.78 is 3.01. The van der Waals surface area contributed by atoms with Gasteiger partial charge in [-0.2, -0.15) is 10.5 Å². The Balaban J connectivity index is 1.46. The fraction of sp³-hybridized carbons (Fsp3) is 0.188. The topological polar surface area (TPSA) is 155 Å². The first-order valence-corrected chi connectivity index (χ1v) is 14.7. The molecule has 45 heavy (non-hydrogen) atoms. The number of pyridine rings is 1. The lowest BCUT2D eigenvalue weighted by Crippen LogP contribution is -2.27. The highest BCUT2D eigenvalue weighted by atomic mass is 35.5. The van der Waals surface area contributed by atoms with Crippen molar-refractivity contribution in [1.82, 2.24) is 29.5 Å². The first-order chi connectivity index (χ1) is 21.7. The number of nitrogens with zero attached hydrogens (tertiary/aromatic N) is 8. The number of benzene rings is 2. The predicted molar refractivity (Wildman–Crippen MR) is 168 cm³/mol. The number of halogens is 2. The fourth-order valence-corrected chi connectivity index (χ4v) is 5.72. The Morgan fingerprint density at radius 2 is 1.76 bits per heavy atom. The van der Waals surface area contributed by atoms with Gasteiger partial charge in [0.25, 0.3) is 5.56 Å². The zero-order chi connectivity index (χ0) is 31.7. The minimum absolute atomic E-state index is 0.163. The van der Waals surface area contributed by atoms with Crippen molar-refractivity contribution in [1.29, 1.82) is 10.5 Å². The number of carbonyl (C=O) groups excluding carboxylic acids is 1. The normalized spacial score (nSPS) is 16.3. The molecule has 13 heteroatoms. The van der Waals surface area contributed by atoms with Gasteiger partial charge < -0.3 is 5.32 Å². The van der Waals surface area contributed by atoms with Gasteiger partial charge >= 0.3 is 0 Å². The van der Waals surface area contributed by atoms with Crippen molar-refractivity contribution < 1.29 is 4.79 Å². The Morgan fingerprint density at radius 1 is 0.956 bits per heavy atom. The molecule has 0 spiro atoms. The van der Waals surface area contributed by atoms with Gasteiger partial charge in [-0.05, 0) is 60.9 Å². The van der Waals surface area contributed by atoms with Gasteiger partial charge in [0.2, 0.25) is 5.91 Å². The highest BCUT2D eigenvalue weighted by molar-refractivity contribution is 6.31. The summed E-state index contributed by atoms with van der Waals surface area (Å²) in [5.74, 6) is -0.556. The first-order valence-electron chi connectivity index (χ1n) is 14.0. The lowest BCUT2D eigenvalue weighted by molar-refractivity contribution is -0.119. The van der Waals surface area contributed by atoms with Gasteiger partial charge in [-0.3, -0.25) is 19.1 Å². The third-order valence-electron chi connectivity index (χ3n) is 7.77. The van der Waals surface area contributed by atoms with Crippen LogP contribution in [0.1, 0.15) is 49.0 Å². The first kappa shape index (κ1) is 29.7. The fourth-order valence-electron chi connectivity index (χ4n) is 5.42. The average molecular weight is 637 g/mol. The molecule has 2 unspecified atom stereocenters. The number of aromatic nitrogens is 6. The van der Waals surface area contributed by atoms with Crippen LogP contribution in [0, 0.1) is 28.6 Å². The summed E-state index contributed by atoms with van der Waals surface area (Å²) in [5, 5.41) is 30.8. The quantitative estimate of drug-likeness (QED) is 0.255. The van der Waals surface area contributed by atoms with Crippen LogP contribution in [0.5, 0.6) is 0 Å². The third-order valence-corrected chi connectivity index (χ3v) is 8.18. The van der Waals surface area contributed by atoms with Crippen molar-refractivity contribution in [2.24, 2.45) is 5.92 Å². The molecule has 5 aromatic rings. The molecule has 1 N–H and O–H groups in total. The van der Waals surface area contributed by atoms with E-state index in [0.29, 0.717) is 63.7 Å². The number of fused-ring (bicyclic) bond motifs is 4. The second-order valence-electron chi connectivity index (χ2n) is 10.6. The van der Waals surface area contributed by atoms with Crippen LogP contribution >= 0.6 is 23.2 Å². The van der Waals surface area contributed by atoms with Gasteiger partial charge in [-0.25, -0.2) is 9.67 Å². The van der Waals surface area contributed by atoms with E-state index in [1.165, 1.54) is 27.7 Å². The van der Waals surface area contributed by atoms with Gasteiger partial charge in [0, 0.05) is 40.0 Å². The summed E-state index contributed by atoms with van der Waals surface area (Å²) >= 11 is 12.3. The summed E-state index contributed by atoms with van der Waals surface area (Å²) in [6.45, 7) is 1.83. The molecule has 4 heterocycles. The zero-order valence-electron chi connectivity index (χ0n) is 23.8. The molecule has 11 nitrogen and oxygen atoms in total. The lowest BCUT2D eigenvalue weighted by atomic mass is 9.93. The van der Waals surface area contributed by atoms with Crippen LogP contribution in [0.25, 0.3) is 28.1 Å². The molecule has 0 fully saturated rings. The van der Waals surface area contributed by atoms with E-state index in [1.807, 2.05) is 19.1 Å². The van der Waals surface area contributed by atoms with Crippen molar-refractivity contribution in [3.05, 3.63) is 105 Å². The predicted octanol–water partition coefficient (Wildman–Crippen LogP) is 5.95. The number of hydrogen-bond donors (Lipinski definition) is 1. The van der Waals surface area contributed by atoms with Gasteiger partial charge in [0.05, 0.1) is 46.8 Å². The van der Waals surface area contributed by atoms with Crippen LogP contribution in [-0.4, -0.2) is 35.4 Å². The zero-order valence-corrected chi connectivity index (χ0v) is 25.3.